The molecular formula is C20H18N6O3. The van der Waals surface area contributed by atoms with Crippen molar-refractivity contribution < 1.29 is 14.3 Å². The first-order valence-electron chi connectivity index (χ1n) is 9.05. The van der Waals surface area contributed by atoms with Gasteiger partial charge in [-0.1, -0.05) is 12.1 Å². The summed E-state index contributed by atoms with van der Waals surface area (Å²) in [5, 5.41) is 16.2. The highest BCUT2D eigenvalue weighted by Crippen LogP contribution is 2.29. The van der Waals surface area contributed by atoms with Gasteiger partial charge >= 0.3 is 0 Å². The fourth-order valence-electron chi connectivity index (χ4n) is 3.25. The van der Waals surface area contributed by atoms with Crippen LogP contribution >= 0.6 is 0 Å². The molecule has 0 saturated carbocycles. The van der Waals surface area contributed by atoms with Crippen molar-refractivity contribution in [3.05, 3.63) is 54.1 Å². The number of para-hydroxylation sites is 1. The van der Waals surface area contributed by atoms with Crippen LogP contribution < -0.4 is 9.47 Å². The van der Waals surface area contributed by atoms with E-state index >= 15 is 0 Å². The number of rotatable bonds is 5. The molecule has 1 atom stereocenters. The Balaban J connectivity index is 1.45. The van der Waals surface area contributed by atoms with Crippen LogP contribution in [0.5, 0.6) is 11.6 Å². The van der Waals surface area contributed by atoms with Crippen molar-refractivity contribution in [2.24, 2.45) is 0 Å². The van der Waals surface area contributed by atoms with Gasteiger partial charge in [0.25, 0.3) is 11.8 Å². The fourth-order valence-corrected chi connectivity index (χ4v) is 3.25. The van der Waals surface area contributed by atoms with Crippen LogP contribution in [-0.2, 0) is 0 Å². The molecule has 1 N–H and O–H groups in total. The van der Waals surface area contributed by atoms with Gasteiger partial charge in [0, 0.05) is 30.9 Å². The normalized spacial score (nSPS) is 15.7. The number of benzene rings is 1. The molecule has 0 spiro atoms. The summed E-state index contributed by atoms with van der Waals surface area (Å²) < 4.78 is 11.1. The number of nitriles is 1. The number of H-pyrrole nitrogens is 1. The van der Waals surface area contributed by atoms with Gasteiger partial charge in [0.2, 0.25) is 5.69 Å². The summed E-state index contributed by atoms with van der Waals surface area (Å²) in [6.45, 7) is 0.929. The molecule has 29 heavy (non-hydrogen) atoms. The van der Waals surface area contributed by atoms with Crippen molar-refractivity contribution in [2.45, 2.75) is 12.5 Å². The molecule has 1 amide bonds. The number of aromatic nitrogens is 4. The maximum absolute atomic E-state index is 12.9. The van der Waals surface area contributed by atoms with Crippen LogP contribution in [0, 0.1) is 11.3 Å². The van der Waals surface area contributed by atoms with Gasteiger partial charge in [0.1, 0.15) is 23.6 Å². The number of nitrogens with one attached hydrogen (secondary N) is 1. The van der Waals surface area contributed by atoms with Crippen molar-refractivity contribution in [1.29, 1.82) is 5.26 Å². The molecule has 9 nitrogen and oxygen atoms in total. The average Bonchev–Trinajstić information content (AvgIpc) is 3.44. The number of carbonyl (C=O) groups is 1. The first-order chi connectivity index (χ1) is 14.2. The Morgan fingerprint density at radius 2 is 2.14 bits per heavy atom. The van der Waals surface area contributed by atoms with Gasteiger partial charge in [-0.3, -0.25) is 9.89 Å². The van der Waals surface area contributed by atoms with Gasteiger partial charge < -0.3 is 14.4 Å². The van der Waals surface area contributed by atoms with Crippen LogP contribution in [0.4, 0.5) is 0 Å². The van der Waals surface area contributed by atoms with E-state index in [4.69, 9.17) is 14.7 Å². The highest BCUT2D eigenvalue weighted by Gasteiger charge is 2.30. The molecule has 3 aromatic rings. The van der Waals surface area contributed by atoms with Gasteiger partial charge in [0.05, 0.1) is 19.3 Å². The Bertz CT molecular complexity index is 1070. The van der Waals surface area contributed by atoms with Crippen LogP contribution in [0.1, 0.15) is 22.6 Å². The van der Waals surface area contributed by atoms with Crippen molar-refractivity contribution in [2.75, 3.05) is 20.2 Å². The number of methoxy groups -OCH3 is 1. The lowest BCUT2D eigenvalue weighted by atomic mass is 10.1. The first kappa shape index (κ1) is 18.4. The van der Waals surface area contributed by atoms with Gasteiger partial charge in [-0.25, -0.2) is 9.97 Å². The number of nitrogens with zero attached hydrogens (tertiary/aromatic N) is 5. The molecule has 0 radical (unpaired) electrons. The zero-order valence-electron chi connectivity index (χ0n) is 15.7. The number of carbonyl (C=O) groups excluding carboxylic acids is 1. The van der Waals surface area contributed by atoms with E-state index < -0.39 is 0 Å². The highest BCUT2D eigenvalue weighted by molar-refractivity contribution is 5.93. The van der Waals surface area contributed by atoms with Crippen molar-refractivity contribution in [3.63, 3.8) is 0 Å². The Morgan fingerprint density at radius 1 is 1.31 bits per heavy atom. The smallest absolute Gasteiger partial charge is 0.272 e. The summed E-state index contributed by atoms with van der Waals surface area (Å²) >= 11 is 0. The van der Waals surface area contributed by atoms with Crippen LogP contribution in [0.15, 0.2) is 42.7 Å². The molecular weight excluding hydrogens is 372 g/mol. The van der Waals surface area contributed by atoms with E-state index in [0.717, 1.165) is 5.56 Å². The molecule has 1 fully saturated rings. The molecule has 3 heterocycles. The molecule has 2 aromatic heterocycles. The monoisotopic (exact) mass is 390 g/mol. The van der Waals surface area contributed by atoms with Crippen LogP contribution in [0.3, 0.4) is 0 Å². The lowest BCUT2D eigenvalue weighted by Gasteiger charge is -2.16. The zero-order chi connectivity index (χ0) is 20.2. The largest absolute Gasteiger partial charge is 0.496 e. The minimum absolute atomic E-state index is 0.132. The minimum atomic E-state index is -0.251. The molecule has 1 saturated heterocycles. The topological polar surface area (TPSA) is 117 Å². The number of ether oxygens (including phenoxy) is 2. The van der Waals surface area contributed by atoms with Crippen molar-refractivity contribution >= 4 is 5.91 Å². The molecule has 1 unspecified atom stereocenters. The van der Waals surface area contributed by atoms with E-state index in [0.29, 0.717) is 36.6 Å². The minimum Gasteiger partial charge on any atom is -0.496 e. The quantitative estimate of drug-likeness (QED) is 0.708. The number of aromatic amines is 1. The van der Waals surface area contributed by atoms with E-state index in [1.54, 1.807) is 18.1 Å². The van der Waals surface area contributed by atoms with Gasteiger partial charge in [-0.05, 0) is 18.2 Å². The average molecular weight is 390 g/mol. The molecule has 1 aromatic carbocycles. The summed E-state index contributed by atoms with van der Waals surface area (Å²) in [4.78, 5) is 22.5. The Labute approximate surface area is 166 Å². The number of amides is 1. The van der Waals surface area contributed by atoms with E-state index in [2.05, 4.69) is 20.2 Å². The summed E-state index contributed by atoms with van der Waals surface area (Å²) in [6.07, 6.45) is 3.30. The second-order valence-corrected chi connectivity index (χ2v) is 6.47. The number of hydrogen-bond donors (Lipinski definition) is 1. The number of hydrogen-bond acceptors (Lipinski definition) is 7. The van der Waals surface area contributed by atoms with E-state index in [1.165, 1.54) is 12.4 Å². The maximum atomic E-state index is 12.9. The van der Waals surface area contributed by atoms with E-state index in [-0.39, 0.29) is 23.6 Å². The second kappa shape index (κ2) is 7.98. The third-order valence-corrected chi connectivity index (χ3v) is 4.67. The molecule has 4 rings (SSSR count). The van der Waals surface area contributed by atoms with Crippen molar-refractivity contribution in [1.82, 2.24) is 25.1 Å². The first-order valence-corrected chi connectivity index (χ1v) is 9.05. The molecule has 0 aliphatic carbocycles. The van der Waals surface area contributed by atoms with Crippen LogP contribution in [-0.4, -0.2) is 57.3 Å². The summed E-state index contributed by atoms with van der Waals surface area (Å²) in [5.74, 6) is 0.712. The van der Waals surface area contributed by atoms with Gasteiger partial charge in [-0.15, -0.1) is 0 Å². The standard InChI is InChI=1S/C20H18N6O3/c1-28-18-5-3-2-4-14(18)15-10-16(25-24-15)20(27)26-9-6-13(12-26)29-19-17(11-21)22-7-8-23-19/h2-5,7-8,10,13H,6,9,12H2,1H3,(H,24,25). The second-order valence-electron chi connectivity index (χ2n) is 6.47. The fraction of sp³-hybridized carbons (Fsp3) is 0.250. The Hall–Kier alpha value is -3.93. The predicted molar refractivity (Wildman–Crippen MR) is 102 cm³/mol. The van der Waals surface area contributed by atoms with Gasteiger partial charge in [-0.2, -0.15) is 10.4 Å². The Morgan fingerprint density at radius 3 is 2.97 bits per heavy atom. The van der Waals surface area contributed by atoms with Crippen LogP contribution in [0.25, 0.3) is 11.3 Å². The van der Waals surface area contributed by atoms with Crippen molar-refractivity contribution in [3.8, 4) is 29.0 Å². The molecule has 1 aliphatic heterocycles. The summed E-state index contributed by atoms with van der Waals surface area (Å²) in [5.41, 5.74) is 1.96. The number of likely N-dealkylation sites (tertiary alicyclic amines) is 1. The van der Waals surface area contributed by atoms with E-state index in [9.17, 15) is 4.79 Å². The molecule has 1 aliphatic rings. The lowest BCUT2D eigenvalue weighted by molar-refractivity contribution is 0.0765. The molecule has 146 valence electrons. The van der Waals surface area contributed by atoms with Gasteiger partial charge in [0.15, 0.2) is 0 Å². The third kappa shape index (κ3) is 3.73. The summed E-state index contributed by atoms with van der Waals surface area (Å²) in [6, 6.07) is 11.2. The highest BCUT2D eigenvalue weighted by atomic mass is 16.5. The lowest BCUT2D eigenvalue weighted by Crippen LogP contribution is -2.31. The Kier molecular flexibility index (Phi) is 5.07. The zero-order valence-corrected chi connectivity index (χ0v) is 15.7. The molecule has 9 heteroatoms. The maximum Gasteiger partial charge on any atom is 0.272 e. The summed E-state index contributed by atoms with van der Waals surface area (Å²) in [7, 11) is 1.59. The molecule has 0 bridgehead atoms. The van der Waals surface area contributed by atoms with Crippen LogP contribution in [0.2, 0.25) is 0 Å². The predicted octanol–water partition coefficient (Wildman–Crippen LogP) is 2.04. The SMILES string of the molecule is COc1ccccc1-c1cc(C(=O)N2CCC(Oc3nccnc3C#N)C2)[nH]n1. The third-order valence-electron chi connectivity index (χ3n) is 4.67. The van der Waals surface area contributed by atoms with E-state index in [1.807, 2.05) is 30.3 Å².